The first-order valence-electron chi connectivity index (χ1n) is 5.58. The minimum Gasteiger partial charge on any atom is -0.478 e. The summed E-state index contributed by atoms with van der Waals surface area (Å²) in [5, 5.41) is 8.94. The van der Waals surface area contributed by atoms with E-state index in [2.05, 4.69) is 4.72 Å². The van der Waals surface area contributed by atoms with Crippen molar-refractivity contribution in [2.75, 3.05) is 0 Å². The van der Waals surface area contributed by atoms with E-state index >= 15 is 0 Å². The van der Waals surface area contributed by atoms with Crippen LogP contribution in [0.3, 0.4) is 0 Å². The largest absolute Gasteiger partial charge is 0.478 e. The van der Waals surface area contributed by atoms with Gasteiger partial charge in [0.2, 0.25) is 0 Å². The summed E-state index contributed by atoms with van der Waals surface area (Å²) >= 11 is 1.29. The summed E-state index contributed by atoms with van der Waals surface area (Å²) in [6, 6.07) is 0. The van der Waals surface area contributed by atoms with Gasteiger partial charge in [-0.3, -0.25) is 4.31 Å². The van der Waals surface area contributed by atoms with Gasteiger partial charge >= 0.3 is 5.97 Å². The molecule has 0 unspecified atom stereocenters. The maximum absolute atomic E-state index is 12.3. The number of rotatable bonds is 4. The van der Waals surface area contributed by atoms with Crippen molar-refractivity contribution in [2.45, 2.75) is 19.8 Å². The number of aliphatic carboxylic acids is 1. The van der Waals surface area contributed by atoms with Gasteiger partial charge in [-0.05, 0) is 37.5 Å². The molecule has 7 heteroatoms. The molecule has 2 aliphatic heterocycles. The van der Waals surface area contributed by atoms with Gasteiger partial charge in [0.05, 0.1) is 23.4 Å². The number of fused-ring (bicyclic) bond motifs is 1. The zero-order valence-corrected chi connectivity index (χ0v) is 10.9. The molecule has 0 aromatic rings. The van der Waals surface area contributed by atoms with Crippen LogP contribution in [0.1, 0.15) is 19.8 Å². The van der Waals surface area contributed by atoms with Gasteiger partial charge in [0, 0.05) is 11.9 Å². The number of allylic oxidation sites excluding steroid dienone is 3. The lowest BCUT2D eigenvalue weighted by Gasteiger charge is -2.15. The number of carbonyl (C=O) groups is 1. The first-order valence-corrected chi connectivity index (χ1v) is 6.35. The van der Waals surface area contributed by atoms with Crippen LogP contribution in [0.2, 0.25) is 0 Å². The predicted molar refractivity (Wildman–Crippen MR) is 68.6 cm³/mol. The fourth-order valence-corrected chi connectivity index (χ4v) is 2.46. The standard InChI is InChI=1S/C12H12F2N2O2S/c1-7(11(13)14)2-3-9-10-6-8(12(17)18)4-5-16(10)19-15-9/h4-6,15H,2-3H2,1H3,(H,17,18). The minimum absolute atomic E-state index is 0.0483. The lowest BCUT2D eigenvalue weighted by atomic mass is 10.1. The molecule has 102 valence electrons. The van der Waals surface area contributed by atoms with Gasteiger partial charge in [-0.25, -0.2) is 4.79 Å². The van der Waals surface area contributed by atoms with E-state index in [-0.39, 0.29) is 17.6 Å². The summed E-state index contributed by atoms with van der Waals surface area (Å²) < 4.78 is 29.4. The summed E-state index contributed by atoms with van der Waals surface area (Å²) in [5.74, 6) is -1.01. The smallest absolute Gasteiger partial charge is 0.335 e. The molecule has 4 nitrogen and oxygen atoms in total. The van der Waals surface area contributed by atoms with Gasteiger partial charge in [0.15, 0.2) is 0 Å². The van der Waals surface area contributed by atoms with Crippen LogP contribution < -0.4 is 4.72 Å². The molecule has 0 aromatic carbocycles. The average Bonchev–Trinajstić information content (AvgIpc) is 2.77. The third-order valence-corrected chi connectivity index (χ3v) is 3.67. The van der Waals surface area contributed by atoms with E-state index < -0.39 is 12.0 Å². The van der Waals surface area contributed by atoms with Crippen molar-refractivity contribution in [1.29, 1.82) is 0 Å². The molecular weight excluding hydrogens is 274 g/mol. The monoisotopic (exact) mass is 286 g/mol. The minimum atomic E-state index is -1.65. The maximum Gasteiger partial charge on any atom is 0.335 e. The second kappa shape index (κ2) is 5.48. The van der Waals surface area contributed by atoms with E-state index in [0.29, 0.717) is 12.1 Å². The predicted octanol–water partition coefficient (Wildman–Crippen LogP) is 3.16. The summed E-state index contributed by atoms with van der Waals surface area (Å²) in [4.78, 5) is 10.9. The highest BCUT2D eigenvalue weighted by Gasteiger charge is 2.24. The van der Waals surface area contributed by atoms with Gasteiger partial charge in [0.1, 0.15) is 0 Å². The van der Waals surface area contributed by atoms with E-state index in [1.54, 1.807) is 10.5 Å². The van der Waals surface area contributed by atoms with Gasteiger partial charge in [-0.1, -0.05) is 0 Å². The van der Waals surface area contributed by atoms with E-state index in [1.165, 1.54) is 31.2 Å². The van der Waals surface area contributed by atoms with Crippen molar-refractivity contribution >= 4 is 18.1 Å². The van der Waals surface area contributed by atoms with Crippen molar-refractivity contribution in [1.82, 2.24) is 9.03 Å². The van der Waals surface area contributed by atoms with Gasteiger partial charge < -0.3 is 9.83 Å². The van der Waals surface area contributed by atoms with Crippen molar-refractivity contribution in [3.8, 4) is 0 Å². The molecule has 2 heterocycles. The molecule has 2 aliphatic rings. The molecule has 0 radical (unpaired) electrons. The molecule has 0 spiro atoms. The number of carboxylic acid groups (broad SMARTS) is 1. The molecule has 0 atom stereocenters. The second-order valence-electron chi connectivity index (χ2n) is 4.14. The van der Waals surface area contributed by atoms with E-state index in [9.17, 15) is 13.6 Å². The Hall–Kier alpha value is -1.76. The first kappa shape index (κ1) is 13.7. The zero-order chi connectivity index (χ0) is 14.0. The van der Waals surface area contributed by atoms with Crippen LogP contribution >= 0.6 is 12.1 Å². The summed E-state index contributed by atoms with van der Waals surface area (Å²) in [5.41, 5.74) is 1.69. The van der Waals surface area contributed by atoms with Crippen molar-refractivity contribution in [3.63, 3.8) is 0 Å². The van der Waals surface area contributed by atoms with Crippen LogP contribution in [0.5, 0.6) is 0 Å². The Labute approximate surface area is 113 Å². The number of nitrogens with zero attached hydrogens (tertiary/aromatic N) is 1. The molecular formula is C12H12F2N2O2S. The molecule has 0 aliphatic carbocycles. The highest BCUT2D eigenvalue weighted by molar-refractivity contribution is 7.95. The third kappa shape index (κ3) is 2.98. The third-order valence-electron chi connectivity index (χ3n) is 2.82. The Balaban J connectivity index is 2.17. The Bertz CT molecular complexity index is 534. The molecule has 0 saturated carbocycles. The Morgan fingerprint density at radius 1 is 1.53 bits per heavy atom. The first-order chi connectivity index (χ1) is 8.99. The maximum atomic E-state index is 12.3. The Kier molecular flexibility index (Phi) is 3.94. The van der Waals surface area contributed by atoms with Gasteiger partial charge in [-0.2, -0.15) is 8.78 Å². The molecule has 19 heavy (non-hydrogen) atoms. The number of carboxylic acids is 1. The van der Waals surface area contributed by atoms with Crippen LogP contribution in [-0.2, 0) is 4.79 Å². The highest BCUT2D eigenvalue weighted by Crippen LogP contribution is 2.34. The fraction of sp³-hybridized carbons (Fsp3) is 0.250. The molecule has 0 saturated heterocycles. The van der Waals surface area contributed by atoms with Crippen molar-refractivity contribution in [3.05, 3.63) is 47.0 Å². The van der Waals surface area contributed by atoms with Gasteiger partial charge in [-0.15, -0.1) is 0 Å². The van der Waals surface area contributed by atoms with Crippen LogP contribution in [0.15, 0.2) is 47.0 Å². The number of nitrogens with one attached hydrogen (secondary N) is 1. The van der Waals surface area contributed by atoms with E-state index in [4.69, 9.17) is 5.11 Å². The van der Waals surface area contributed by atoms with Gasteiger partial charge in [0.25, 0.3) is 6.08 Å². The zero-order valence-electron chi connectivity index (χ0n) is 10.1. The molecule has 0 fully saturated rings. The Morgan fingerprint density at radius 3 is 2.89 bits per heavy atom. The van der Waals surface area contributed by atoms with Crippen LogP contribution in [0, 0.1) is 0 Å². The van der Waals surface area contributed by atoms with Crippen molar-refractivity contribution < 1.29 is 18.7 Å². The molecule has 0 amide bonds. The Morgan fingerprint density at radius 2 is 2.26 bits per heavy atom. The summed E-state index contributed by atoms with van der Waals surface area (Å²) in [6.07, 6.45) is 3.67. The normalized spacial score (nSPS) is 17.0. The van der Waals surface area contributed by atoms with Crippen LogP contribution in [0.4, 0.5) is 8.78 Å². The van der Waals surface area contributed by atoms with Crippen molar-refractivity contribution in [2.24, 2.45) is 0 Å². The van der Waals surface area contributed by atoms with Crippen LogP contribution in [0.25, 0.3) is 0 Å². The molecule has 2 rings (SSSR count). The lowest BCUT2D eigenvalue weighted by Crippen LogP contribution is -2.10. The molecule has 0 aromatic heterocycles. The SMILES string of the molecule is CC(CCC1=C2C=C(C(=O)O)C=CN2SN1)=C(F)F. The summed E-state index contributed by atoms with van der Waals surface area (Å²) in [7, 11) is 0. The topological polar surface area (TPSA) is 52.6 Å². The molecule has 2 N–H and O–H groups in total. The van der Waals surface area contributed by atoms with E-state index in [1.807, 2.05) is 0 Å². The lowest BCUT2D eigenvalue weighted by molar-refractivity contribution is -0.132. The fourth-order valence-electron chi connectivity index (χ4n) is 1.66. The summed E-state index contributed by atoms with van der Waals surface area (Å²) in [6.45, 7) is 1.39. The van der Waals surface area contributed by atoms with E-state index in [0.717, 1.165) is 5.70 Å². The second-order valence-corrected chi connectivity index (χ2v) is 4.92. The number of hydrogen-bond donors (Lipinski definition) is 2. The van der Waals surface area contributed by atoms with Crippen LogP contribution in [-0.4, -0.2) is 15.4 Å². The highest BCUT2D eigenvalue weighted by atomic mass is 32.2. The number of halogens is 2. The molecule has 0 bridgehead atoms. The number of hydrogen-bond acceptors (Lipinski definition) is 4. The quantitative estimate of drug-likeness (QED) is 0.778. The average molecular weight is 286 g/mol.